The zero-order valence-corrected chi connectivity index (χ0v) is 12.5. The van der Waals surface area contributed by atoms with E-state index in [1.54, 1.807) is 6.20 Å². The molecule has 2 heterocycles. The zero-order valence-electron chi connectivity index (χ0n) is 12.5. The molecule has 4 rings (SSSR count). The van der Waals surface area contributed by atoms with Gasteiger partial charge in [0.15, 0.2) is 5.82 Å². The molecule has 0 bridgehead atoms. The third-order valence-corrected chi connectivity index (χ3v) is 4.84. The van der Waals surface area contributed by atoms with Crippen LogP contribution in [0.5, 0.6) is 0 Å². The van der Waals surface area contributed by atoms with Crippen LogP contribution in [0.25, 0.3) is 5.82 Å². The van der Waals surface area contributed by atoms with Gasteiger partial charge in [-0.15, -0.1) is 0 Å². The summed E-state index contributed by atoms with van der Waals surface area (Å²) >= 11 is 0. The van der Waals surface area contributed by atoms with E-state index in [2.05, 4.69) is 15.4 Å². The van der Waals surface area contributed by atoms with Crippen molar-refractivity contribution in [2.24, 2.45) is 5.92 Å². The smallest absolute Gasteiger partial charge is 0.223 e. The molecule has 2 aliphatic carbocycles. The van der Waals surface area contributed by atoms with Gasteiger partial charge in [-0.25, -0.2) is 9.67 Å². The Bertz CT molecular complexity index is 675. The van der Waals surface area contributed by atoms with Crippen molar-refractivity contribution in [3.8, 4) is 5.82 Å². The Morgan fingerprint density at radius 2 is 2.14 bits per heavy atom. The topological polar surface area (TPSA) is 59.8 Å². The van der Waals surface area contributed by atoms with E-state index in [-0.39, 0.29) is 17.9 Å². The lowest BCUT2D eigenvalue weighted by Crippen LogP contribution is -2.38. The van der Waals surface area contributed by atoms with Gasteiger partial charge in [0, 0.05) is 17.7 Å². The highest BCUT2D eigenvalue weighted by Crippen LogP contribution is 2.32. The largest absolute Gasteiger partial charge is 0.349 e. The van der Waals surface area contributed by atoms with Crippen LogP contribution < -0.4 is 5.32 Å². The van der Waals surface area contributed by atoms with Crippen LogP contribution in [0.2, 0.25) is 0 Å². The van der Waals surface area contributed by atoms with Gasteiger partial charge < -0.3 is 5.32 Å². The Morgan fingerprint density at radius 3 is 2.86 bits per heavy atom. The van der Waals surface area contributed by atoms with Crippen LogP contribution in [0.1, 0.15) is 49.4 Å². The van der Waals surface area contributed by atoms with Gasteiger partial charge in [0.2, 0.25) is 5.91 Å². The second kappa shape index (κ2) is 5.55. The van der Waals surface area contributed by atoms with Gasteiger partial charge >= 0.3 is 0 Å². The summed E-state index contributed by atoms with van der Waals surface area (Å²) in [5.74, 6) is 1.29. The summed E-state index contributed by atoms with van der Waals surface area (Å²) in [6.07, 6.45) is 10.0. The lowest BCUT2D eigenvalue weighted by atomic mass is 9.84. The van der Waals surface area contributed by atoms with Gasteiger partial charge in [-0.1, -0.05) is 12.5 Å². The van der Waals surface area contributed by atoms with Crippen molar-refractivity contribution in [1.82, 2.24) is 20.1 Å². The third-order valence-electron chi connectivity index (χ3n) is 4.84. The van der Waals surface area contributed by atoms with Crippen molar-refractivity contribution < 1.29 is 4.79 Å². The predicted molar refractivity (Wildman–Crippen MR) is 82.5 cm³/mol. The molecular formula is C17H20N4O. The van der Waals surface area contributed by atoms with E-state index >= 15 is 0 Å². The highest BCUT2D eigenvalue weighted by atomic mass is 16.2. The summed E-state index contributed by atoms with van der Waals surface area (Å²) in [6.45, 7) is 0. The first-order valence-electron chi connectivity index (χ1n) is 8.11. The fraction of sp³-hybridized carbons (Fsp3) is 0.471. The number of fused-ring (bicyclic) bond motifs is 1. The average molecular weight is 296 g/mol. The number of carbonyl (C=O) groups excluding carboxylic acids is 1. The Kier molecular flexibility index (Phi) is 3.41. The Labute approximate surface area is 129 Å². The van der Waals surface area contributed by atoms with Crippen LogP contribution in [0.4, 0.5) is 0 Å². The third kappa shape index (κ3) is 2.30. The minimum Gasteiger partial charge on any atom is -0.349 e. The van der Waals surface area contributed by atoms with Crippen molar-refractivity contribution in [1.29, 1.82) is 0 Å². The van der Waals surface area contributed by atoms with Crippen LogP contribution in [-0.2, 0) is 11.2 Å². The van der Waals surface area contributed by atoms with Crippen LogP contribution in [0.3, 0.4) is 0 Å². The maximum atomic E-state index is 12.2. The molecule has 1 amide bonds. The molecule has 114 valence electrons. The number of carbonyl (C=O) groups is 1. The molecule has 1 N–H and O–H groups in total. The molecule has 0 saturated heterocycles. The summed E-state index contributed by atoms with van der Waals surface area (Å²) in [7, 11) is 0. The van der Waals surface area contributed by atoms with Crippen LogP contribution in [0.15, 0.2) is 30.6 Å². The van der Waals surface area contributed by atoms with Gasteiger partial charge in [-0.05, 0) is 44.2 Å². The molecule has 2 aliphatic rings. The van der Waals surface area contributed by atoms with Crippen LogP contribution in [0, 0.1) is 5.92 Å². The fourth-order valence-corrected chi connectivity index (χ4v) is 3.34. The Morgan fingerprint density at radius 1 is 1.23 bits per heavy atom. The summed E-state index contributed by atoms with van der Waals surface area (Å²) in [5, 5.41) is 7.74. The number of amides is 1. The van der Waals surface area contributed by atoms with E-state index in [0.29, 0.717) is 0 Å². The second-order valence-electron chi connectivity index (χ2n) is 6.23. The summed E-state index contributed by atoms with van der Waals surface area (Å²) in [6, 6.07) is 5.94. The summed E-state index contributed by atoms with van der Waals surface area (Å²) < 4.78 is 1.91. The van der Waals surface area contributed by atoms with Crippen molar-refractivity contribution in [3.63, 3.8) is 0 Å². The number of hydrogen-bond donors (Lipinski definition) is 1. The molecule has 0 unspecified atom stereocenters. The molecule has 0 aliphatic heterocycles. The van der Waals surface area contributed by atoms with Gasteiger partial charge in [0.1, 0.15) is 0 Å². The standard InChI is InChI=1S/C17H20N4O/c22-17(12-5-3-6-12)20-14-7-4-8-15-13(14)11-19-21(15)16-9-1-2-10-18-16/h1-2,9-12,14H,3-8H2,(H,20,22)/t14-/m0/s1. The van der Waals surface area contributed by atoms with Crippen molar-refractivity contribution in [2.45, 2.75) is 44.6 Å². The number of nitrogens with one attached hydrogen (secondary N) is 1. The molecule has 0 aromatic carbocycles. The van der Waals surface area contributed by atoms with E-state index in [9.17, 15) is 4.79 Å². The number of aromatic nitrogens is 3. The SMILES string of the molecule is O=C(N[C@H]1CCCc2c1cnn2-c1ccccn1)C1CCC1. The predicted octanol–water partition coefficient (Wildman–Crippen LogP) is 2.56. The fourth-order valence-electron chi connectivity index (χ4n) is 3.34. The maximum Gasteiger partial charge on any atom is 0.223 e. The lowest BCUT2D eigenvalue weighted by molar-refractivity contribution is -0.128. The van der Waals surface area contributed by atoms with Crippen LogP contribution >= 0.6 is 0 Å². The highest BCUT2D eigenvalue weighted by molar-refractivity contribution is 5.79. The quantitative estimate of drug-likeness (QED) is 0.947. The van der Waals surface area contributed by atoms with E-state index < -0.39 is 0 Å². The molecule has 2 aromatic rings. The number of rotatable bonds is 3. The number of nitrogens with zero attached hydrogens (tertiary/aromatic N) is 3. The molecule has 2 aromatic heterocycles. The van der Waals surface area contributed by atoms with Gasteiger partial charge in [-0.3, -0.25) is 4.79 Å². The number of hydrogen-bond acceptors (Lipinski definition) is 3. The monoisotopic (exact) mass is 296 g/mol. The molecule has 22 heavy (non-hydrogen) atoms. The van der Waals surface area contributed by atoms with E-state index in [4.69, 9.17) is 0 Å². The molecule has 1 fully saturated rings. The minimum atomic E-state index is 0.106. The molecule has 5 heteroatoms. The first-order chi connectivity index (χ1) is 10.8. The zero-order chi connectivity index (χ0) is 14.9. The minimum absolute atomic E-state index is 0.106. The van der Waals surface area contributed by atoms with Crippen LogP contribution in [-0.4, -0.2) is 20.7 Å². The van der Waals surface area contributed by atoms with Gasteiger partial charge in [0.25, 0.3) is 0 Å². The molecule has 1 saturated carbocycles. The first-order valence-corrected chi connectivity index (χ1v) is 8.11. The van der Waals surface area contributed by atoms with Crippen molar-refractivity contribution in [3.05, 3.63) is 41.9 Å². The summed E-state index contributed by atoms with van der Waals surface area (Å²) in [5.41, 5.74) is 2.34. The maximum absolute atomic E-state index is 12.2. The van der Waals surface area contributed by atoms with E-state index in [1.807, 2.05) is 29.1 Å². The van der Waals surface area contributed by atoms with Gasteiger partial charge in [0.05, 0.1) is 17.9 Å². The first kappa shape index (κ1) is 13.5. The normalized spacial score (nSPS) is 21.0. The molecular weight excluding hydrogens is 276 g/mol. The van der Waals surface area contributed by atoms with E-state index in [1.165, 1.54) is 12.1 Å². The average Bonchev–Trinajstić information content (AvgIpc) is 2.91. The van der Waals surface area contributed by atoms with Gasteiger partial charge in [-0.2, -0.15) is 5.10 Å². The van der Waals surface area contributed by atoms with Crippen molar-refractivity contribution >= 4 is 5.91 Å². The summed E-state index contributed by atoms with van der Waals surface area (Å²) in [4.78, 5) is 16.6. The number of pyridine rings is 1. The molecule has 1 atom stereocenters. The van der Waals surface area contributed by atoms with E-state index in [0.717, 1.165) is 43.5 Å². The molecule has 5 nitrogen and oxygen atoms in total. The molecule has 0 radical (unpaired) electrons. The Hall–Kier alpha value is -2.17. The Balaban J connectivity index is 1.59. The van der Waals surface area contributed by atoms with Crippen molar-refractivity contribution in [2.75, 3.05) is 0 Å². The second-order valence-corrected chi connectivity index (χ2v) is 6.23. The molecule has 0 spiro atoms. The highest BCUT2D eigenvalue weighted by Gasteiger charge is 2.30. The lowest BCUT2D eigenvalue weighted by Gasteiger charge is -2.29.